The molecule has 0 bridgehead atoms. The molecule has 1 aromatic rings. The molecule has 3 nitrogen and oxygen atoms in total. The van der Waals surface area contributed by atoms with Crippen molar-refractivity contribution < 1.29 is 0 Å². The summed E-state index contributed by atoms with van der Waals surface area (Å²) in [5.41, 5.74) is 0.533. The van der Waals surface area contributed by atoms with E-state index in [-0.39, 0.29) is 5.41 Å². The second-order valence-corrected chi connectivity index (χ2v) is 3.17. The maximum absolute atomic E-state index is 8.80. The van der Waals surface area contributed by atoms with Crippen LogP contribution in [0, 0.1) is 11.3 Å². The Balaban J connectivity index is 2.45. The van der Waals surface area contributed by atoms with Gasteiger partial charge in [-0.25, -0.2) is 0 Å². The molecule has 0 amide bonds. The molecule has 2 rings (SSSR count). The van der Waals surface area contributed by atoms with E-state index in [0.29, 0.717) is 5.15 Å². The molecule has 1 aliphatic rings. The summed E-state index contributed by atoms with van der Waals surface area (Å²) in [5.74, 6) is 0. The number of H-pyrrole nitrogens is 1. The number of nitrogens with zero attached hydrogens (tertiary/aromatic N) is 2. The molecular formula is C7H6ClN3. The predicted molar refractivity (Wildman–Crippen MR) is 40.1 cm³/mol. The van der Waals surface area contributed by atoms with E-state index in [1.54, 1.807) is 6.20 Å². The minimum Gasteiger partial charge on any atom is -0.267 e. The lowest BCUT2D eigenvalue weighted by Crippen LogP contribution is -2.00. The lowest BCUT2D eigenvalue weighted by Gasteiger charge is -1.99. The lowest BCUT2D eigenvalue weighted by molar-refractivity contribution is 0.910. The molecule has 1 aromatic heterocycles. The van der Waals surface area contributed by atoms with Crippen molar-refractivity contribution in [1.82, 2.24) is 10.2 Å². The van der Waals surface area contributed by atoms with Crippen molar-refractivity contribution in [2.24, 2.45) is 0 Å². The Bertz CT molecular complexity index is 319. The second kappa shape index (κ2) is 1.99. The van der Waals surface area contributed by atoms with Crippen LogP contribution in [-0.2, 0) is 5.41 Å². The van der Waals surface area contributed by atoms with Crippen LogP contribution >= 0.6 is 11.6 Å². The Kier molecular flexibility index (Phi) is 1.21. The molecule has 0 unspecified atom stereocenters. The van der Waals surface area contributed by atoms with Gasteiger partial charge in [-0.05, 0) is 12.8 Å². The zero-order chi connectivity index (χ0) is 7.90. The zero-order valence-electron chi connectivity index (χ0n) is 5.76. The highest BCUT2D eigenvalue weighted by atomic mass is 35.5. The molecule has 1 N–H and O–H groups in total. The van der Waals surface area contributed by atoms with Crippen molar-refractivity contribution in [1.29, 1.82) is 5.26 Å². The fourth-order valence-corrected chi connectivity index (χ4v) is 1.45. The van der Waals surface area contributed by atoms with Gasteiger partial charge >= 0.3 is 0 Å². The standard InChI is InChI=1S/C7H6ClN3/c8-6-5(3-10-11-6)7(4-9)1-2-7/h3H,1-2H2,(H,10,11). The molecule has 1 aliphatic carbocycles. The summed E-state index contributed by atoms with van der Waals surface area (Å²) in [6.45, 7) is 0. The molecule has 0 aromatic carbocycles. The molecule has 0 spiro atoms. The summed E-state index contributed by atoms with van der Waals surface area (Å²) in [5, 5.41) is 15.7. The molecule has 4 heteroatoms. The smallest absolute Gasteiger partial charge is 0.128 e. The van der Waals surface area contributed by atoms with Gasteiger partial charge in [-0.15, -0.1) is 0 Å². The Morgan fingerprint density at radius 1 is 1.73 bits per heavy atom. The van der Waals surface area contributed by atoms with Gasteiger partial charge in [-0.2, -0.15) is 10.4 Å². The SMILES string of the molecule is N#CC1(c2cn[nH]c2Cl)CC1. The van der Waals surface area contributed by atoms with Gasteiger partial charge in [0.15, 0.2) is 0 Å². The molecule has 0 atom stereocenters. The van der Waals surface area contributed by atoms with Gasteiger partial charge in [-0.1, -0.05) is 11.6 Å². The van der Waals surface area contributed by atoms with Crippen LogP contribution in [0.4, 0.5) is 0 Å². The van der Waals surface area contributed by atoms with E-state index in [1.807, 2.05) is 0 Å². The van der Waals surface area contributed by atoms with Crippen molar-refractivity contribution in [2.75, 3.05) is 0 Å². The molecule has 0 saturated heterocycles. The number of aromatic nitrogens is 2. The van der Waals surface area contributed by atoms with Gasteiger partial charge in [-0.3, -0.25) is 5.10 Å². The average molecular weight is 168 g/mol. The average Bonchev–Trinajstić information content (AvgIpc) is 2.70. The van der Waals surface area contributed by atoms with E-state index < -0.39 is 0 Å². The van der Waals surface area contributed by atoms with E-state index in [9.17, 15) is 0 Å². The van der Waals surface area contributed by atoms with Crippen molar-refractivity contribution in [3.8, 4) is 6.07 Å². The van der Waals surface area contributed by atoms with Crippen LogP contribution in [0.15, 0.2) is 6.20 Å². The minimum atomic E-state index is -0.315. The van der Waals surface area contributed by atoms with Gasteiger partial charge in [0, 0.05) is 5.56 Å². The summed E-state index contributed by atoms with van der Waals surface area (Å²) < 4.78 is 0. The number of nitriles is 1. The van der Waals surface area contributed by atoms with Crippen LogP contribution in [0.25, 0.3) is 0 Å². The summed E-state index contributed by atoms with van der Waals surface area (Å²) in [4.78, 5) is 0. The van der Waals surface area contributed by atoms with Gasteiger partial charge < -0.3 is 0 Å². The first-order valence-electron chi connectivity index (χ1n) is 3.39. The quantitative estimate of drug-likeness (QED) is 0.691. The summed E-state index contributed by atoms with van der Waals surface area (Å²) >= 11 is 5.77. The Morgan fingerprint density at radius 3 is 2.82 bits per heavy atom. The van der Waals surface area contributed by atoms with E-state index in [0.717, 1.165) is 18.4 Å². The van der Waals surface area contributed by atoms with E-state index in [4.69, 9.17) is 16.9 Å². The third-order valence-corrected chi connectivity index (χ3v) is 2.36. The molecule has 11 heavy (non-hydrogen) atoms. The monoisotopic (exact) mass is 167 g/mol. The Hall–Kier alpha value is -1.01. The number of halogens is 1. The minimum absolute atomic E-state index is 0.315. The number of hydrogen-bond acceptors (Lipinski definition) is 2. The van der Waals surface area contributed by atoms with Crippen molar-refractivity contribution in [2.45, 2.75) is 18.3 Å². The zero-order valence-corrected chi connectivity index (χ0v) is 6.52. The first-order valence-corrected chi connectivity index (χ1v) is 3.77. The van der Waals surface area contributed by atoms with Gasteiger partial charge in [0.25, 0.3) is 0 Å². The highest BCUT2D eigenvalue weighted by Gasteiger charge is 2.47. The number of nitrogens with one attached hydrogen (secondary N) is 1. The van der Waals surface area contributed by atoms with E-state index in [2.05, 4.69) is 16.3 Å². The molecule has 1 fully saturated rings. The van der Waals surface area contributed by atoms with Crippen LogP contribution < -0.4 is 0 Å². The normalized spacial score (nSPS) is 19.3. The predicted octanol–water partition coefficient (Wildman–Crippen LogP) is 1.62. The van der Waals surface area contributed by atoms with Crippen LogP contribution in [0.5, 0.6) is 0 Å². The first kappa shape index (κ1) is 6.68. The van der Waals surface area contributed by atoms with Crippen molar-refractivity contribution >= 4 is 11.6 Å². The summed E-state index contributed by atoms with van der Waals surface area (Å²) in [7, 11) is 0. The number of rotatable bonds is 1. The fraction of sp³-hybridized carbons (Fsp3) is 0.429. The second-order valence-electron chi connectivity index (χ2n) is 2.79. The summed E-state index contributed by atoms with van der Waals surface area (Å²) in [6.07, 6.45) is 3.45. The number of aromatic amines is 1. The van der Waals surface area contributed by atoms with E-state index in [1.165, 1.54) is 0 Å². The lowest BCUT2D eigenvalue weighted by atomic mass is 10.0. The van der Waals surface area contributed by atoms with Crippen molar-refractivity contribution in [3.05, 3.63) is 16.9 Å². The van der Waals surface area contributed by atoms with Gasteiger partial charge in [0.05, 0.1) is 17.7 Å². The fourth-order valence-electron chi connectivity index (χ4n) is 1.17. The maximum atomic E-state index is 8.80. The third-order valence-electron chi connectivity index (χ3n) is 2.07. The molecule has 0 radical (unpaired) electrons. The van der Waals surface area contributed by atoms with Crippen LogP contribution in [0.1, 0.15) is 18.4 Å². The van der Waals surface area contributed by atoms with Crippen LogP contribution in [-0.4, -0.2) is 10.2 Å². The topological polar surface area (TPSA) is 52.5 Å². The number of hydrogen-bond donors (Lipinski definition) is 1. The molecule has 1 heterocycles. The van der Waals surface area contributed by atoms with Crippen LogP contribution in [0.3, 0.4) is 0 Å². The highest BCUT2D eigenvalue weighted by molar-refractivity contribution is 6.30. The highest BCUT2D eigenvalue weighted by Crippen LogP contribution is 2.49. The summed E-state index contributed by atoms with van der Waals surface area (Å²) in [6, 6.07) is 2.25. The maximum Gasteiger partial charge on any atom is 0.128 e. The van der Waals surface area contributed by atoms with Gasteiger partial charge in [0.1, 0.15) is 5.15 Å². The molecule has 1 saturated carbocycles. The van der Waals surface area contributed by atoms with E-state index >= 15 is 0 Å². The first-order chi connectivity index (χ1) is 5.28. The molecular weight excluding hydrogens is 162 g/mol. The van der Waals surface area contributed by atoms with Crippen LogP contribution in [0.2, 0.25) is 5.15 Å². The Labute approximate surface area is 69.0 Å². The molecule has 0 aliphatic heterocycles. The third kappa shape index (κ3) is 0.831. The van der Waals surface area contributed by atoms with Crippen molar-refractivity contribution in [3.63, 3.8) is 0 Å². The Morgan fingerprint density at radius 2 is 2.45 bits per heavy atom. The largest absolute Gasteiger partial charge is 0.267 e. The molecule has 56 valence electrons. The van der Waals surface area contributed by atoms with Gasteiger partial charge in [0.2, 0.25) is 0 Å².